The average Bonchev–Trinajstić information content (AvgIpc) is 3.09. The number of sulfonamides is 1. The molecule has 0 aromatic heterocycles. The number of nitrogens with zero attached hydrogens (tertiary/aromatic N) is 1. The number of fused-ring (bicyclic) bond motifs is 1. The molecule has 3 aromatic carbocycles. The summed E-state index contributed by atoms with van der Waals surface area (Å²) in [7, 11) is -3.70. The van der Waals surface area contributed by atoms with Crippen LogP contribution in [0.1, 0.15) is 29.8 Å². The number of carbonyl (C=O) groups excluding carboxylic acids is 2. The van der Waals surface area contributed by atoms with Crippen LogP contribution in [0.3, 0.4) is 0 Å². The van der Waals surface area contributed by atoms with Gasteiger partial charge in [-0.3, -0.25) is 13.9 Å². The molecular formula is C24H23N3O4S. The van der Waals surface area contributed by atoms with Crippen LogP contribution in [0.2, 0.25) is 0 Å². The topological polar surface area (TPSA) is 95.6 Å². The van der Waals surface area contributed by atoms with Crippen molar-refractivity contribution < 1.29 is 18.0 Å². The molecule has 0 aliphatic carbocycles. The number of benzene rings is 3. The zero-order valence-electron chi connectivity index (χ0n) is 17.7. The predicted octanol–water partition coefficient (Wildman–Crippen LogP) is 4.04. The molecule has 8 heteroatoms. The van der Waals surface area contributed by atoms with Crippen LogP contribution in [0, 0.1) is 0 Å². The maximum atomic E-state index is 13.2. The van der Waals surface area contributed by atoms with Crippen molar-refractivity contribution >= 4 is 38.9 Å². The molecule has 1 aliphatic rings. The molecule has 1 heterocycles. The summed E-state index contributed by atoms with van der Waals surface area (Å²) in [5.74, 6) is -0.513. The Kier molecular flexibility index (Phi) is 5.71. The third-order valence-electron chi connectivity index (χ3n) is 5.24. The van der Waals surface area contributed by atoms with E-state index in [1.54, 1.807) is 72.8 Å². The van der Waals surface area contributed by atoms with Crippen LogP contribution in [0.15, 0.2) is 77.7 Å². The van der Waals surface area contributed by atoms with E-state index in [-0.39, 0.29) is 22.8 Å². The smallest absolute Gasteiger partial charge is 0.264 e. The molecule has 0 saturated carbocycles. The van der Waals surface area contributed by atoms with Crippen molar-refractivity contribution in [2.45, 2.75) is 31.2 Å². The molecule has 3 aromatic rings. The number of anilines is 3. The number of hydrogen-bond acceptors (Lipinski definition) is 4. The molecule has 2 amide bonds. The van der Waals surface area contributed by atoms with E-state index in [1.165, 1.54) is 11.2 Å². The first-order valence-corrected chi connectivity index (χ1v) is 11.6. The second-order valence-electron chi connectivity index (χ2n) is 7.73. The van der Waals surface area contributed by atoms with Crippen LogP contribution in [-0.4, -0.2) is 26.3 Å². The maximum absolute atomic E-state index is 13.2. The van der Waals surface area contributed by atoms with E-state index in [2.05, 4.69) is 10.6 Å². The lowest BCUT2D eigenvalue weighted by Gasteiger charge is -2.24. The molecule has 0 unspecified atom stereocenters. The Morgan fingerprint density at radius 3 is 2.28 bits per heavy atom. The zero-order valence-corrected chi connectivity index (χ0v) is 18.5. The normalized spacial score (nSPS) is 15.2. The minimum atomic E-state index is -3.70. The highest BCUT2D eigenvalue weighted by Gasteiger charge is 2.36. The highest BCUT2D eigenvalue weighted by molar-refractivity contribution is 7.92. The van der Waals surface area contributed by atoms with Crippen molar-refractivity contribution in [1.82, 2.24) is 0 Å². The van der Waals surface area contributed by atoms with Gasteiger partial charge in [-0.25, -0.2) is 8.42 Å². The Bertz CT molecular complexity index is 1290. The van der Waals surface area contributed by atoms with Crippen LogP contribution in [0.4, 0.5) is 17.1 Å². The summed E-state index contributed by atoms with van der Waals surface area (Å²) in [5, 5.41) is 5.50. The largest absolute Gasteiger partial charge is 0.326 e. The Morgan fingerprint density at radius 2 is 1.59 bits per heavy atom. The van der Waals surface area contributed by atoms with Crippen LogP contribution in [0.5, 0.6) is 0 Å². The fourth-order valence-electron chi connectivity index (χ4n) is 3.90. The number of nitrogens with one attached hydrogen (secondary N) is 2. The Balaban J connectivity index is 1.58. The molecule has 164 valence electrons. The number of hydrogen-bond donors (Lipinski definition) is 2. The van der Waals surface area contributed by atoms with Gasteiger partial charge >= 0.3 is 0 Å². The third kappa shape index (κ3) is 4.22. The molecule has 1 atom stereocenters. The summed E-state index contributed by atoms with van der Waals surface area (Å²) < 4.78 is 27.8. The fraction of sp³-hybridized carbons (Fsp3) is 0.167. The summed E-state index contributed by atoms with van der Waals surface area (Å²) in [6.07, 6.45) is 0.514. The Morgan fingerprint density at radius 1 is 0.906 bits per heavy atom. The first kappa shape index (κ1) is 21.6. The first-order valence-electron chi connectivity index (χ1n) is 10.2. The van der Waals surface area contributed by atoms with Gasteiger partial charge in [-0.2, -0.15) is 0 Å². The van der Waals surface area contributed by atoms with Crippen LogP contribution in [-0.2, 0) is 21.2 Å². The minimum absolute atomic E-state index is 0.198. The highest BCUT2D eigenvalue weighted by Crippen LogP contribution is 2.37. The van der Waals surface area contributed by atoms with Crippen LogP contribution < -0.4 is 14.9 Å². The van der Waals surface area contributed by atoms with E-state index in [0.717, 1.165) is 5.56 Å². The van der Waals surface area contributed by atoms with E-state index in [0.29, 0.717) is 29.0 Å². The number of rotatable bonds is 5. The Labute approximate surface area is 187 Å². The lowest BCUT2D eigenvalue weighted by molar-refractivity contribution is -0.114. The van der Waals surface area contributed by atoms with E-state index in [4.69, 9.17) is 0 Å². The van der Waals surface area contributed by atoms with Gasteiger partial charge < -0.3 is 10.6 Å². The molecule has 0 radical (unpaired) electrons. The monoisotopic (exact) mass is 449 g/mol. The number of carbonyl (C=O) groups is 2. The van der Waals surface area contributed by atoms with Gasteiger partial charge in [-0.1, -0.05) is 24.3 Å². The van der Waals surface area contributed by atoms with Gasteiger partial charge in [0.05, 0.1) is 10.6 Å². The summed E-state index contributed by atoms with van der Waals surface area (Å²) in [5.41, 5.74) is 2.95. The van der Waals surface area contributed by atoms with Gasteiger partial charge in [0.15, 0.2) is 0 Å². The zero-order chi connectivity index (χ0) is 22.9. The summed E-state index contributed by atoms with van der Waals surface area (Å²) in [6.45, 7) is 3.27. The molecular weight excluding hydrogens is 426 g/mol. The first-order chi connectivity index (χ1) is 15.3. The molecule has 0 fully saturated rings. The molecule has 7 nitrogen and oxygen atoms in total. The van der Waals surface area contributed by atoms with E-state index in [9.17, 15) is 18.0 Å². The lowest BCUT2D eigenvalue weighted by Crippen LogP contribution is -2.35. The minimum Gasteiger partial charge on any atom is -0.326 e. The summed E-state index contributed by atoms with van der Waals surface area (Å²) in [6, 6.07) is 20.0. The van der Waals surface area contributed by atoms with Crippen molar-refractivity contribution in [2.75, 3.05) is 14.9 Å². The molecule has 1 aliphatic heterocycles. The van der Waals surface area contributed by atoms with Gasteiger partial charge in [-0.05, 0) is 67.4 Å². The lowest BCUT2D eigenvalue weighted by atomic mass is 10.1. The molecule has 32 heavy (non-hydrogen) atoms. The summed E-state index contributed by atoms with van der Waals surface area (Å²) >= 11 is 0. The average molecular weight is 450 g/mol. The summed E-state index contributed by atoms with van der Waals surface area (Å²) in [4.78, 5) is 24.3. The molecule has 0 saturated heterocycles. The Hall–Kier alpha value is -3.65. The van der Waals surface area contributed by atoms with E-state index >= 15 is 0 Å². The molecule has 2 N–H and O–H groups in total. The predicted molar refractivity (Wildman–Crippen MR) is 124 cm³/mol. The molecule has 0 spiro atoms. The maximum Gasteiger partial charge on any atom is 0.264 e. The van der Waals surface area contributed by atoms with E-state index in [1.807, 2.05) is 6.92 Å². The number of amides is 2. The standard InChI is InChI=1S/C24H23N3O4S/c1-16-13-19-14-18(24(29)26-21-8-6-7-20(15-21)25-17(2)28)11-12-23(19)27(16)32(30,31)22-9-4-3-5-10-22/h3-12,14-16H,13H2,1-2H3,(H,25,28)(H,26,29)/t16-/m0/s1. The van der Waals surface area contributed by atoms with Crippen molar-refractivity contribution in [1.29, 1.82) is 0 Å². The van der Waals surface area contributed by atoms with Crippen molar-refractivity contribution in [2.24, 2.45) is 0 Å². The second kappa shape index (κ2) is 8.47. The second-order valence-corrected chi connectivity index (χ2v) is 9.54. The van der Waals surface area contributed by atoms with Crippen molar-refractivity contribution in [3.8, 4) is 0 Å². The SMILES string of the molecule is CC(=O)Nc1cccc(NC(=O)c2ccc3c(c2)C[C@H](C)N3S(=O)(=O)c2ccccc2)c1. The quantitative estimate of drug-likeness (QED) is 0.615. The van der Waals surface area contributed by atoms with Gasteiger partial charge in [0.25, 0.3) is 15.9 Å². The van der Waals surface area contributed by atoms with E-state index < -0.39 is 10.0 Å². The third-order valence-corrected chi connectivity index (χ3v) is 7.18. The van der Waals surface area contributed by atoms with Gasteiger partial charge in [0.1, 0.15) is 0 Å². The fourth-order valence-corrected chi connectivity index (χ4v) is 5.61. The van der Waals surface area contributed by atoms with Crippen molar-refractivity contribution in [3.63, 3.8) is 0 Å². The van der Waals surface area contributed by atoms with Crippen LogP contribution >= 0.6 is 0 Å². The highest BCUT2D eigenvalue weighted by atomic mass is 32.2. The van der Waals surface area contributed by atoms with Gasteiger partial charge in [0, 0.05) is 29.9 Å². The molecule has 0 bridgehead atoms. The molecule has 4 rings (SSSR count). The van der Waals surface area contributed by atoms with Gasteiger partial charge in [-0.15, -0.1) is 0 Å². The van der Waals surface area contributed by atoms with Crippen LogP contribution in [0.25, 0.3) is 0 Å². The van der Waals surface area contributed by atoms with Gasteiger partial charge in [0.2, 0.25) is 5.91 Å². The van der Waals surface area contributed by atoms with Crippen molar-refractivity contribution in [3.05, 3.63) is 83.9 Å².